The zero-order chi connectivity index (χ0) is 12.8. The summed E-state index contributed by atoms with van der Waals surface area (Å²) in [6, 6.07) is 0.548. The van der Waals surface area contributed by atoms with Gasteiger partial charge in [0.2, 0.25) is 0 Å². The van der Waals surface area contributed by atoms with Crippen LogP contribution in [0.15, 0.2) is 11.7 Å². The van der Waals surface area contributed by atoms with Gasteiger partial charge in [0.1, 0.15) is 0 Å². The monoisotopic (exact) mass is 266 g/mol. The number of hydrogen-bond acceptors (Lipinski definition) is 3. The topological polar surface area (TPSA) is 24.9 Å². The van der Waals surface area contributed by atoms with Crippen LogP contribution in [-0.4, -0.2) is 11.5 Å². The lowest BCUT2D eigenvalue weighted by atomic mass is 9.76. The van der Waals surface area contributed by atoms with Crippen molar-refractivity contribution in [2.75, 3.05) is 6.54 Å². The molecule has 1 saturated carbocycles. The predicted octanol–water partition coefficient (Wildman–Crippen LogP) is 4.40. The molecule has 1 aromatic rings. The Bertz CT molecular complexity index is 323. The zero-order valence-electron chi connectivity index (χ0n) is 11.7. The summed E-state index contributed by atoms with van der Waals surface area (Å²) in [6.45, 7) is 5.70. The Morgan fingerprint density at radius 1 is 1.44 bits per heavy atom. The van der Waals surface area contributed by atoms with Crippen LogP contribution in [0.3, 0.4) is 0 Å². The molecular weight excluding hydrogens is 240 g/mol. The van der Waals surface area contributed by atoms with Gasteiger partial charge in [0.15, 0.2) is 0 Å². The van der Waals surface area contributed by atoms with Crippen molar-refractivity contribution in [2.45, 2.75) is 58.4 Å². The first kappa shape index (κ1) is 14.0. The van der Waals surface area contributed by atoms with Crippen molar-refractivity contribution in [3.63, 3.8) is 0 Å². The lowest BCUT2D eigenvalue weighted by molar-refractivity contribution is 0.211. The van der Waals surface area contributed by atoms with Crippen molar-refractivity contribution >= 4 is 11.3 Å². The molecular formula is C15H26N2S. The van der Waals surface area contributed by atoms with Gasteiger partial charge in [0.25, 0.3) is 0 Å². The molecule has 1 fully saturated rings. The van der Waals surface area contributed by atoms with Crippen LogP contribution in [0.1, 0.15) is 63.3 Å². The van der Waals surface area contributed by atoms with Crippen LogP contribution in [0.25, 0.3) is 0 Å². The first-order valence-electron chi connectivity index (χ1n) is 7.46. The van der Waals surface area contributed by atoms with Crippen molar-refractivity contribution in [1.29, 1.82) is 0 Å². The fourth-order valence-electron chi connectivity index (χ4n) is 3.18. The van der Waals surface area contributed by atoms with E-state index < -0.39 is 0 Å². The van der Waals surface area contributed by atoms with Gasteiger partial charge in [0.05, 0.1) is 5.51 Å². The molecule has 2 rings (SSSR count). The van der Waals surface area contributed by atoms with Crippen LogP contribution in [0.4, 0.5) is 0 Å². The van der Waals surface area contributed by atoms with E-state index in [4.69, 9.17) is 0 Å². The molecule has 0 spiro atoms. The Morgan fingerprint density at radius 2 is 2.33 bits per heavy atom. The smallest absolute Gasteiger partial charge is 0.0794 e. The highest BCUT2D eigenvalue weighted by Crippen LogP contribution is 2.39. The van der Waals surface area contributed by atoms with E-state index in [2.05, 4.69) is 30.3 Å². The number of hydrogen-bond donors (Lipinski definition) is 1. The summed E-state index contributed by atoms with van der Waals surface area (Å²) >= 11 is 1.81. The molecule has 0 aliphatic heterocycles. The summed E-state index contributed by atoms with van der Waals surface area (Å²) < 4.78 is 0. The number of aromatic nitrogens is 1. The molecule has 2 nitrogen and oxygen atoms in total. The molecule has 3 heteroatoms. The van der Waals surface area contributed by atoms with Gasteiger partial charge in [-0.3, -0.25) is 4.98 Å². The molecule has 0 saturated heterocycles. The minimum Gasteiger partial charge on any atom is -0.309 e. The van der Waals surface area contributed by atoms with E-state index in [0.29, 0.717) is 6.04 Å². The van der Waals surface area contributed by atoms with E-state index in [0.717, 1.165) is 18.4 Å². The quantitative estimate of drug-likeness (QED) is 0.825. The van der Waals surface area contributed by atoms with Gasteiger partial charge >= 0.3 is 0 Å². The first-order valence-corrected chi connectivity index (χ1v) is 8.34. The summed E-state index contributed by atoms with van der Waals surface area (Å²) in [5.74, 6) is 1.76. The van der Waals surface area contributed by atoms with E-state index in [9.17, 15) is 0 Å². The molecule has 1 aliphatic rings. The Balaban J connectivity index is 2.03. The number of nitrogens with one attached hydrogen (secondary N) is 1. The molecule has 0 bridgehead atoms. The van der Waals surface area contributed by atoms with Crippen molar-refractivity contribution in [3.8, 4) is 0 Å². The Labute approximate surface area is 115 Å². The van der Waals surface area contributed by atoms with Gasteiger partial charge in [-0.25, -0.2) is 0 Å². The van der Waals surface area contributed by atoms with Crippen molar-refractivity contribution in [2.24, 2.45) is 11.8 Å². The van der Waals surface area contributed by atoms with Crippen molar-refractivity contribution in [3.05, 3.63) is 16.6 Å². The van der Waals surface area contributed by atoms with Gasteiger partial charge in [-0.05, 0) is 37.6 Å². The van der Waals surface area contributed by atoms with Gasteiger partial charge in [-0.15, -0.1) is 11.3 Å². The second kappa shape index (κ2) is 7.25. The lowest BCUT2D eigenvalue weighted by Crippen LogP contribution is -2.31. The minimum atomic E-state index is 0.548. The van der Waals surface area contributed by atoms with Gasteiger partial charge in [-0.1, -0.05) is 33.1 Å². The number of nitrogens with zero attached hydrogens (tertiary/aromatic N) is 1. The second-order valence-electron chi connectivity index (χ2n) is 5.54. The SMILES string of the molecule is CCCNC(c1cncs1)C1CCCC(CC)C1. The molecule has 1 N–H and O–H groups in total. The van der Waals surface area contributed by atoms with Crippen molar-refractivity contribution in [1.82, 2.24) is 10.3 Å². The van der Waals surface area contributed by atoms with Crippen LogP contribution in [0.2, 0.25) is 0 Å². The first-order chi connectivity index (χ1) is 8.85. The standard InChI is InChI=1S/C15H26N2S/c1-3-8-17-15(14-10-16-11-18-14)13-7-5-6-12(4-2)9-13/h10-13,15,17H,3-9H2,1-2H3. The van der Waals surface area contributed by atoms with E-state index in [1.165, 1.54) is 43.4 Å². The van der Waals surface area contributed by atoms with E-state index >= 15 is 0 Å². The van der Waals surface area contributed by atoms with Crippen LogP contribution in [0, 0.1) is 11.8 Å². The minimum absolute atomic E-state index is 0.548. The molecule has 102 valence electrons. The number of rotatable bonds is 6. The van der Waals surface area contributed by atoms with E-state index in [-0.39, 0.29) is 0 Å². The molecule has 1 aromatic heterocycles. The Kier molecular flexibility index (Phi) is 5.64. The normalized spacial score (nSPS) is 26.1. The molecule has 3 unspecified atom stereocenters. The maximum Gasteiger partial charge on any atom is 0.0794 e. The van der Waals surface area contributed by atoms with Gasteiger partial charge < -0.3 is 5.32 Å². The number of thiazole rings is 1. The highest BCUT2D eigenvalue weighted by molar-refractivity contribution is 7.09. The maximum absolute atomic E-state index is 4.26. The fraction of sp³-hybridized carbons (Fsp3) is 0.800. The fourth-order valence-corrected chi connectivity index (χ4v) is 3.97. The molecule has 1 heterocycles. The largest absolute Gasteiger partial charge is 0.309 e. The third kappa shape index (κ3) is 3.55. The highest BCUT2D eigenvalue weighted by atomic mass is 32.1. The molecule has 0 radical (unpaired) electrons. The average molecular weight is 266 g/mol. The van der Waals surface area contributed by atoms with Crippen molar-refractivity contribution < 1.29 is 0 Å². The lowest BCUT2D eigenvalue weighted by Gasteiger charge is -2.34. The van der Waals surface area contributed by atoms with Gasteiger partial charge in [-0.2, -0.15) is 0 Å². The molecule has 3 atom stereocenters. The highest BCUT2D eigenvalue weighted by Gasteiger charge is 2.29. The molecule has 0 amide bonds. The summed E-state index contributed by atoms with van der Waals surface area (Å²) in [6.07, 6.45) is 10.3. The Hall–Kier alpha value is -0.410. The Morgan fingerprint density at radius 3 is 3.00 bits per heavy atom. The maximum atomic E-state index is 4.26. The molecule has 0 aromatic carbocycles. The zero-order valence-corrected chi connectivity index (χ0v) is 12.5. The third-order valence-electron chi connectivity index (χ3n) is 4.24. The van der Waals surface area contributed by atoms with Crippen LogP contribution in [-0.2, 0) is 0 Å². The third-order valence-corrected chi connectivity index (χ3v) is 5.10. The average Bonchev–Trinajstić information content (AvgIpc) is 2.93. The van der Waals surface area contributed by atoms with Crippen LogP contribution >= 0.6 is 11.3 Å². The predicted molar refractivity (Wildman–Crippen MR) is 78.9 cm³/mol. The summed E-state index contributed by atoms with van der Waals surface area (Å²) in [4.78, 5) is 5.70. The van der Waals surface area contributed by atoms with Gasteiger partial charge in [0, 0.05) is 17.1 Å². The summed E-state index contributed by atoms with van der Waals surface area (Å²) in [5.41, 5.74) is 1.97. The summed E-state index contributed by atoms with van der Waals surface area (Å²) in [7, 11) is 0. The van der Waals surface area contributed by atoms with Crippen LogP contribution < -0.4 is 5.32 Å². The van der Waals surface area contributed by atoms with E-state index in [1.807, 2.05) is 16.8 Å². The van der Waals surface area contributed by atoms with Crippen LogP contribution in [0.5, 0.6) is 0 Å². The summed E-state index contributed by atoms with van der Waals surface area (Å²) in [5, 5.41) is 3.76. The van der Waals surface area contributed by atoms with E-state index in [1.54, 1.807) is 0 Å². The molecule has 18 heavy (non-hydrogen) atoms. The second-order valence-corrected chi connectivity index (χ2v) is 6.45. The molecule has 1 aliphatic carbocycles.